The number of aromatic nitrogens is 1. The smallest absolute Gasteiger partial charge is 0.345 e. The predicted molar refractivity (Wildman–Crippen MR) is 138 cm³/mol. The Morgan fingerprint density at radius 2 is 1.65 bits per heavy atom. The maximum absolute atomic E-state index is 13.4. The normalized spacial score (nSPS) is 11.6. The van der Waals surface area contributed by atoms with Gasteiger partial charge in [-0.2, -0.15) is 13.2 Å². The molecule has 3 aromatic rings. The van der Waals surface area contributed by atoms with E-state index in [-0.39, 0.29) is 30.5 Å². The first-order valence-corrected chi connectivity index (χ1v) is 12.5. The second-order valence-electron chi connectivity index (χ2n) is 9.28. The van der Waals surface area contributed by atoms with Gasteiger partial charge in [0.15, 0.2) is 0 Å². The van der Waals surface area contributed by atoms with Crippen LogP contribution in [0.1, 0.15) is 48.0 Å². The zero-order chi connectivity index (χ0) is 27.2. The van der Waals surface area contributed by atoms with Gasteiger partial charge >= 0.3 is 6.18 Å². The summed E-state index contributed by atoms with van der Waals surface area (Å²) in [5.74, 6) is -0.533. The number of nitrogens with zero attached hydrogens (tertiary/aromatic N) is 3. The van der Waals surface area contributed by atoms with Gasteiger partial charge in [-0.3, -0.25) is 9.59 Å². The van der Waals surface area contributed by atoms with Crippen molar-refractivity contribution in [2.24, 2.45) is 5.92 Å². The monoisotopic (exact) mass is 533 g/mol. The number of likely N-dealkylation sites (N-methyl/N-ethyl adjacent to an activating group) is 1. The first-order valence-electron chi connectivity index (χ1n) is 12.1. The number of benzene rings is 2. The van der Waals surface area contributed by atoms with E-state index in [2.05, 4.69) is 0 Å². The third kappa shape index (κ3) is 7.61. The molecular weight excluding hydrogens is 503 g/mol. The highest BCUT2D eigenvalue weighted by molar-refractivity contribution is 6.31. The number of carbonyl (C=O) groups is 2. The number of amides is 2. The van der Waals surface area contributed by atoms with Crippen LogP contribution in [0.3, 0.4) is 0 Å². The van der Waals surface area contributed by atoms with E-state index in [1.54, 1.807) is 11.8 Å². The van der Waals surface area contributed by atoms with E-state index in [0.717, 1.165) is 35.5 Å². The number of rotatable bonds is 10. The van der Waals surface area contributed by atoms with Crippen LogP contribution in [-0.2, 0) is 24.1 Å². The van der Waals surface area contributed by atoms with Crippen molar-refractivity contribution in [1.82, 2.24) is 14.4 Å². The minimum Gasteiger partial charge on any atom is -0.345 e. The molecule has 0 unspecified atom stereocenters. The molecule has 1 heterocycles. The largest absolute Gasteiger partial charge is 0.416 e. The van der Waals surface area contributed by atoms with Gasteiger partial charge in [0.1, 0.15) is 6.54 Å². The Kier molecular flexibility index (Phi) is 9.43. The Morgan fingerprint density at radius 3 is 2.24 bits per heavy atom. The predicted octanol–water partition coefficient (Wildman–Crippen LogP) is 6.36. The fourth-order valence-electron chi connectivity index (χ4n) is 4.02. The van der Waals surface area contributed by atoms with Gasteiger partial charge in [-0.25, -0.2) is 0 Å². The lowest BCUT2D eigenvalue weighted by molar-refractivity contribution is -0.137. The Morgan fingerprint density at radius 1 is 0.973 bits per heavy atom. The van der Waals surface area contributed by atoms with E-state index < -0.39 is 17.6 Å². The maximum Gasteiger partial charge on any atom is 0.416 e. The van der Waals surface area contributed by atoms with Crippen LogP contribution in [0.5, 0.6) is 0 Å². The molecule has 3 rings (SSSR count). The zero-order valence-corrected chi connectivity index (χ0v) is 21.9. The molecule has 0 saturated carbocycles. The van der Waals surface area contributed by atoms with Crippen LogP contribution in [-0.4, -0.2) is 45.8 Å². The average molecular weight is 534 g/mol. The van der Waals surface area contributed by atoms with Crippen molar-refractivity contribution in [1.29, 1.82) is 0 Å². The van der Waals surface area contributed by atoms with E-state index in [9.17, 15) is 22.8 Å². The quantitative estimate of drug-likeness (QED) is 0.304. The summed E-state index contributed by atoms with van der Waals surface area (Å²) in [4.78, 5) is 29.4. The zero-order valence-electron chi connectivity index (χ0n) is 21.1. The molecule has 0 bridgehead atoms. The van der Waals surface area contributed by atoms with Crippen molar-refractivity contribution in [2.45, 2.75) is 40.0 Å². The minimum absolute atomic E-state index is 0.103. The molecule has 9 heteroatoms. The molecule has 0 radical (unpaired) electrons. The van der Waals surface area contributed by atoms with Crippen molar-refractivity contribution in [2.75, 3.05) is 19.6 Å². The van der Waals surface area contributed by atoms with E-state index in [1.165, 1.54) is 4.90 Å². The van der Waals surface area contributed by atoms with Crippen molar-refractivity contribution in [3.05, 3.63) is 94.3 Å². The van der Waals surface area contributed by atoms with E-state index >= 15 is 0 Å². The number of hydrogen-bond acceptors (Lipinski definition) is 2. The van der Waals surface area contributed by atoms with Crippen LogP contribution in [0, 0.1) is 5.92 Å². The van der Waals surface area contributed by atoms with Gasteiger partial charge in [-0.15, -0.1) is 0 Å². The van der Waals surface area contributed by atoms with E-state index in [0.29, 0.717) is 24.7 Å². The topological polar surface area (TPSA) is 45.6 Å². The molecule has 37 heavy (non-hydrogen) atoms. The van der Waals surface area contributed by atoms with Gasteiger partial charge in [-0.05, 0) is 60.9 Å². The maximum atomic E-state index is 13.4. The van der Waals surface area contributed by atoms with Crippen molar-refractivity contribution < 1.29 is 22.8 Å². The van der Waals surface area contributed by atoms with Gasteiger partial charge in [0.05, 0.1) is 12.1 Å². The van der Waals surface area contributed by atoms with Crippen LogP contribution >= 0.6 is 11.6 Å². The van der Waals surface area contributed by atoms with E-state index in [1.807, 2.05) is 61.0 Å². The lowest BCUT2D eigenvalue weighted by atomic mass is 10.1. The fraction of sp³-hybridized carbons (Fsp3) is 0.357. The summed E-state index contributed by atoms with van der Waals surface area (Å²) in [7, 11) is 0. The molecule has 2 aromatic carbocycles. The second-order valence-corrected chi connectivity index (χ2v) is 9.69. The molecule has 0 aliphatic rings. The van der Waals surface area contributed by atoms with Crippen molar-refractivity contribution in [3.63, 3.8) is 0 Å². The van der Waals surface area contributed by atoms with Crippen LogP contribution < -0.4 is 0 Å². The Labute approximate surface area is 220 Å². The molecule has 1 aromatic heterocycles. The second kappa shape index (κ2) is 12.3. The molecule has 0 atom stereocenters. The lowest BCUT2D eigenvalue weighted by Gasteiger charge is -2.29. The minimum atomic E-state index is -4.48. The number of alkyl halides is 3. The summed E-state index contributed by atoms with van der Waals surface area (Å²) in [6, 6.07) is 15.5. The van der Waals surface area contributed by atoms with Gasteiger partial charge in [0.2, 0.25) is 5.91 Å². The molecule has 0 saturated heterocycles. The Hall–Kier alpha value is -3.26. The summed E-state index contributed by atoms with van der Waals surface area (Å²) in [5, 5.41) is 0.664. The highest BCUT2D eigenvalue weighted by atomic mass is 35.5. The summed E-state index contributed by atoms with van der Waals surface area (Å²) in [5.41, 5.74) is 1.16. The molecule has 2 amide bonds. The van der Waals surface area contributed by atoms with Gasteiger partial charge in [-0.1, -0.05) is 43.6 Å². The van der Waals surface area contributed by atoms with Crippen molar-refractivity contribution >= 4 is 23.4 Å². The standard InChI is InChI=1S/C28H31ClF3N3O2/c1-4-33(27(37)21-11-13-23(14-12-21)28(30,31)32)19-26(36)35(16-20(2)3)18-24-9-7-15-34(24)17-22-8-5-6-10-25(22)29/h5-15,20H,4,16-19H2,1-3H3. The number of halogens is 4. The highest BCUT2D eigenvalue weighted by Crippen LogP contribution is 2.29. The highest BCUT2D eigenvalue weighted by Gasteiger charge is 2.30. The van der Waals surface area contributed by atoms with Gasteiger partial charge in [0.25, 0.3) is 5.91 Å². The third-order valence-corrected chi connectivity index (χ3v) is 6.34. The van der Waals surface area contributed by atoms with Crippen LogP contribution in [0.2, 0.25) is 5.02 Å². The summed E-state index contributed by atoms with van der Waals surface area (Å²) >= 11 is 6.33. The van der Waals surface area contributed by atoms with Gasteiger partial charge < -0.3 is 14.4 Å². The Bertz CT molecular complexity index is 1210. The van der Waals surface area contributed by atoms with Crippen LogP contribution in [0.25, 0.3) is 0 Å². The summed E-state index contributed by atoms with van der Waals surface area (Å²) < 4.78 is 40.7. The molecule has 0 spiro atoms. The average Bonchev–Trinajstić information content (AvgIpc) is 3.28. The lowest BCUT2D eigenvalue weighted by Crippen LogP contribution is -2.44. The molecule has 0 fully saturated rings. The first kappa shape index (κ1) is 28.3. The summed E-state index contributed by atoms with van der Waals surface area (Å²) in [6.07, 6.45) is -2.55. The molecular formula is C28H31ClF3N3O2. The molecule has 198 valence electrons. The van der Waals surface area contributed by atoms with Crippen LogP contribution in [0.4, 0.5) is 13.2 Å². The Balaban J connectivity index is 1.74. The molecule has 0 aliphatic carbocycles. The third-order valence-electron chi connectivity index (χ3n) is 5.97. The molecule has 0 N–H and O–H groups in total. The van der Waals surface area contributed by atoms with Crippen LogP contribution in [0.15, 0.2) is 66.9 Å². The first-order chi connectivity index (χ1) is 17.5. The molecule has 5 nitrogen and oxygen atoms in total. The van der Waals surface area contributed by atoms with E-state index in [4.69, 9.17) is 11.6 Å². The van der Waals surface area contributed by atoms with Crippen molar-refractivity contribution in [3.8, 4) is 0 Å². The summed E-state index contributed by atoms with van der Waals surface area (Å²) in [6.45, 7) is 7.21. The number of hydrogen-bond donors (Lipinski definition) is 0. The fourth-order valence-corrected chi connectivity index (χ4v) is 4.22. The SMILES string of the molecule is CCN(CC(=O)N(Cc1cccn1Cc1ccccc1Cl)CC(C)C)C(=O)c1ccc(C(F)(F)F)cc1. The van der Waals surface area contributed by atoms with Gasteiger partial charge in [0, 0.05) is 42.1 Å². The number of carbonyl (C=O) groups excluding carboxylic acids is 2. The molecule has 0 aliphatic heterocycles.